The van der Waals surface area contributed by atoms with Crippen molar-refractivity contribution in [3.8, 4) is 11.3 Å². The van der Waals surface area contributed by atoms with E-state index in [1.54, 1.807) is 23.1 Å². The van der Waals surface area contributed by atoms with Gasteiger partial charge in [-0.15, -0.1) is 0 Å². The average molecular weight is 275 g/mol. The first-order valence-electron chi connectivity index (χ1n) is 6.47. The summed E-state index contributed by atoms with van der Waals surface area (Å²) in [7, 11) is 0. The molecule has 0 radical (unpaired) electrons. The maximum absolute atomic E-state index is 12.9. The molecule has 1 fully saturated rings. The Hall–Kier alpha value is -2.21. The van der Waals surface area contributed by atoms with Gasteiger partial charge in [0.1, 0.15) is 5.82 Å². The second-order valence-corrected chi connectivity index (χ2v) is 4.63. The number of hydrogen-bond donors (Lipinski definition) is 1. The molecule has 0 saturated carbocycles. The summed E-state index contributed by atoms with van der Waals surface area (Å²) < 4.78 is 18.0. The Labute approximate surface area is 115 Å². The number of hydrogen-bond acceptors (Lipinski definition) is 4. The molecule has 6 heteroatoms. The highest BCUT2D eigenvalue weighted by Crippen LogP contribution is 2.21. The number of nitrogens with one attached hydrogen (secondary N) is 1. The molecule has 20 heavy (non-hydrogen) atoms. The van der Waals surface area contributed by atoms with Gasteiger partial charge in [0.15, 0.2) is 11.5 Å². The van der Waals surface area contributed by atoms with Gasteiger partial charge >= 0.3 is 0 Å². The maximum atomic E-state index is 12.9. The number of amides is 1. The van der Waals surface area contributed by atoms with Crippen LogP contribution in [0.5, 0.6) is 0 Å². The van der Waals surface area contributed by atoms with E-state index in [2.05, 4.69) is 10.5 Å². The Kier molecular flexibility index (Phi) is 3.47. The van der Waals surface area contributed by atoms with Crippen molar-refractivity contribution in [1.82, 2.24) is 15.4 Å². The number of piperazine rings is 1. The lowest BCUT2D eigenvalue weighted by Crippen LogP contribution is -2.46. The van der Waals surface area contributed by atoms with Gasteiger partial charge in [-0.25, -0.2) is 4.39 Å². The lowest BCUT2D eigenvalue weighted by atomic mass is 10.1. The van der Waals surface area contributed by atoms with Crippen LogP contribution in [0.2, 0.25) is 0 Å². The molecular weight excluding hydrogens is 261 g/mol. The van der Waals surface area contributed by atoms with Crippen LogP contribution in [0.1, 0.15) is 10.5 Å². The smallest absolute Gasteiger partial charge is 0.276 e. The second-order valence-electron chi connectivity index (χ2n) is 4.63. The third-order valence-electron chi connectivity index (χ3n) is 3.26. The predicted octanol–water partition coefficient (Wildman–Crippen LogP) is 1.53. The van der Waals surface area contributed by atoms with Crippen molar-refractivity contribution in [2.45, 2.75) is 0 Å². The quantitative estimate of drug-likeness (QED) is 0.903. The fraction of sp³-hybridized carbons (Fsp3) is 0.286. The highest BCUT2D eigenvalue weighted by molar-refractivity contribution is 5.93. The summed E-state index contributed by atoms with van der Waals surface area (Å²) in [6, 6.07) is 7.47. The number of carbonyl (C=O) groups excluding carboxylic acids is 1. The van der Waals surface area contributed by atoms with Gasteiger partial charge in [-0.05, 0) is 24.3 Å². The molecule has 0 aliphatic carbocycles. The van der Waals surface area contributed by atoms with Crippen LogP contribution in [-0.4, -0.2) is 42.1 Å². The number of rotatable bonds is 2. The van der Waals surface area contributed by atoms with E-state index in [0.29, 0.717) is 24.4 Å². The highest BCUT2D eigenvalue weighted by atomic mass is 19.1. The van der Waals surface area contributed by atoms with Gasteiger partial charge < -0.3 is 14.7 Å². The first-order valence-corrected chi connectivity index (χ1v) is 6.47. The SMILES string of the molecule is O=C(c1cc(-c2ccc(F)cc2)on1)N1CCNCC1. The van der Waals surface area contributed by atoms with Gasteiger partial charge in [0.2, 0.25) is 0 Å². The van der Waals surface area contributed by atoms with Crippen molar-refractivity contribution in [2.75, 3.05) is 26.2 Å². The van der Waals surface area contributed by atoms with E-state index in [1.807, 2.05) is 0 Å². The molecule has 5 nitrogen and oxygen atoms in total. The van der Waals surface area contributed by atoms with Crippen LogP contribution in [0, 0.1) is 5.82 Å². The van der Waals surface area contributed by atoms with Gasteiger partial charge in [-0.1, -0.05) is 5.16 Å². The molecule has 0 bridgehead atoms. The molecule has 0 unspecified atom stereocenters. The van der Waals surface area contributed by atoms with Crippen molar-refractivity contribution < 1.29 is 13.7 Å². The zero-order valence-electron chi connectivity index (χ0n) is 10.8. The van der Waals surface area contributed by atoms with E-state index in [0.717, 1.165) is 13.1 Å². The standard InChI is InChI=1S/C14H14FN3O2/c15-11-3-1-10(2-4-11)13-9-12(17-20-13)14(19)18-7-5-16-6-8-18/h1-4,9,16H,5-8H2. The van der Waals surface area contributed by atoms with E-state index >= 15 is 0 Å². The van der Waals surface area contributed by atoms with Crippen molar-refractivity contribution in [3.63, 3.8) is 0 Å². The van der Waals surface area contributed by atoms with E-state index < -0.39 is 0 Å². The first-order chi connectivity index (χ1) is 9.74. The van der Waals surface area contributed by atoms with Gasteiger partial charge in [-0.3, -0.25) is 4.79 Å². The van der Waals surface area contributed by atoms with E-state index in [1.165, 1.54) is 12.1 Å². The van der Waals surface area contributed by atoms with Crippen molar-refractivity contribution in [2.24, 2.45) is 0 Å². The molecule has 104 valence electrons. The molecule has 2 aromatic rings. The Bertz CT molecular complexity index is 603. The Balaban J connectivity index is 1.79. The molecule has 0 spiro atoms. The van der Waals surface area contributed by atoms with Crippen molar-refractivity contribution in [1.29, 1.82) is 0 Å². The average Bonchev–Trinajstić information content (AvgIpc) is 2.98. The molecule has 1 aromatic heterocycles. The molecule has 1 aliphatic rings. The molecule has 1 aliphatic heterocycles. The van der Waals surface area contributed by atoms with Gasteiger partial charge in [0.05, 0.1) is 0 Å². The number of benzene rings is 1. The molecule has 1 amide bonds. The topological polar surface area (TPSA) is 58.4 Å². The lowest BCUT2D eigenvalue weighted by molar-refractivity contribution is 0.0725. The maximum Gasteiger partial charge on any atom is 0.276 e. The summed E-state index contributed by atoms with van der Waals surface area (Å²) in [4.78, 5) is 14.0. The largest absolute Gasteiger partial charge is 0.355 e. The molecule has 0 atom stereocenters. The monoisotopic (exact) mass is 275 g/mol. The molecule has 1 aromatic carbocycles. The van der Waals surface area contributed by atoms with Gasteiger partial charge in [-0.2, -0.15) is 0 Å². The van der Waals surface area contributed by atoms with E-state index in [-0.39, 0.29) is 17.4 Å². The molecule has 1 saturated heterocycles. The minimum Gasteiger partial charge on any atom is -0.355 e. The molecule has 2 heterocycles. The zero-order valence-corrected chi connectivity index (χ0v) is 10.8. The second kappa shape index (κ2) is 5.42. The predicted molar refractivity (Wildman–Crippen MR) is 70.7 cm³/mol. The Morgan fingerprint density at radius 1 is 1.25 bits per heavy atom. The van der Waals surface area contributed by atoms with E-state index in [9.17, 15) is 9.18 Å². The first kappa shape index (κ1) is 12.8. The van der Waals surface area contributed by atoms with Crippen LogP contribution < -0.4 is 5.32 Å². The van der Waals surface area contributed by atoms with Crippen molar-refractivity contribution >= 4 is 5.91 Å². The summed E-state index contributed by atoms with van der Waals surface area (Å²) in [5, 5.41) is 6.99. The number of aromatic nitrogens is 1. The fourth-order valence-electron chi connectivity index (χ4n) is 2.16. The number of halogens is 1. The van der Waals surface area contributed by atoms with E-state index in [4.69, 9.17) is 4.52 Å². The van der Waals surface area contributed by atoms with Crippen LogP contribution in [0.4, 0.5) is 4.39 Å². The van der Waals surface area contributed by atoms with Crippen molar-refractivity contribution in [3.05, 3.63) is 41.8 Å². The van der Waals surface area contributed by atoms with Crippen LogP contribution >= 0.6 is 0 Å². The summed E-state index contributed by atoms with van der Waals surface area (Å²) >= 11 is 0. The molecular formula is C14H14FN3O2. The number of carbonyl (C=O) groups is 1. The highest BCUT2D eigenvalue weighted by Gasteiger charge is 2.21. The Morgan fingerprint density at radius 3 is 2.65 bits per heavy atom. The minimum atomic E-state index is -0.314. The van der Waals surface area contributed by atoms with Gasteiger partial charge in [0.25, 0.3) is 5.91 Å². The summed E-state index contributed by atoms with van der Waals surface area (Å²) in [5.74, 6) is 0.0116. The van der Waals surface area contributed by atoms with Gasteiger partial charge in [0, 0.05) is 37.8 Å². The normalized spacial score (nSPS) is 15.3. The van der Waals surface area contributed by atoms with Crippen LogP contribution in [0.25, 0.3) is 11.3 Å². The third-order valence-corrected chi connectivity index (χ3v) is 3.26. The number of nitrogens with zero attached hydrogens (tertiary/aromatic N) is 2. The summed E-state index contributed by atoms with van der Waals surface area (Å²) in [6.07, 6.45) is 0. The zero-order chi connectivity index (χ0) is 13.9. The third kappa shape index (κ3) is 2.55. The molecule has 1 N–H and O–H groups in total. The lowest BCUT2D eigenvalue weighted by Gasteiger charge is -2.26. The Morgan fingerprint density at radius 2 is 1.95 bits per heavy atom. The minimum absolute atomic E-state index is 0.136. The fourth-order valence-corrected chi connectivity index (χ4v) is 2.16. The molecule has 3 rings (SSSR count). The van der Waals surface area contributed by atoms with Crippen LogP contribution in [0.15, 0.2) is 34.9 Å². The summed E-state index contributed by atoms with van der Waals surface area (Å²) in [6.45, 7) is 2.90. The van der Waals surface area contributed by atoms with Crippen LogP contribution in [0.3, 0.4) is 0 Å². The summed E-state index contributed by atoms with van der Waals surface area (Å²) in [5.41, 5.74) is 0.976. The van der Waals surface area contributed by atoms with Crippen LogP contribution in [-0.2, 0) is 0 Å².